The van der Waals surface area contributed by atoms with E-state index >= 15 is 0 Å². The Balaban J connectivity index is 1.94. The van der Waals surface area contributed by atoms with E-state index in [1.165, 1.54) is 18.2 Å². The third-order valence-corrected chi connectivity index (χ3v) is 4.95. The molecule has 2 atom stereocenters. The first-order valence-electron chi connectivity index (χ1n) is 7.98. The number of ketones is 1. The van der Waals surface area contributed by atoms with E-state index in [1.807, 2.05) is 18.2 Å². The van der Waals surface area contributed by atoms with Crippen LogP contribution in [0.15, 0.2) is 42.5 Å². The van der Waals surface area contributed by atoms with E-state index < -0.39 is 23.2 Å². The number of ether oxygens (including phenoxy) is 1. The first kappa shape index (κ1) is 14.9. The Morgan fingerprint density at radius 1 is 1.29 bits per heavy atom. The van der Waals surface area contributed by atoms with Crippen LogP contribution < -0.4 is 10.1 Å². The van der Waals surface area contributed by atoms with Gasteiger partial charge < -0.3 is 10.1 Å². The van der Waals surface area contributed by atoms with Gasteiger partial charge in [0.25, 0.3) is 0 Å². The number of rotatable bonds is 2. The molecule has 0 aromatic heterocycles. The molecule has 122 valence electrons. The molecule has 2 unspecified atom stereocenters. The Morgan fingerprint density at radius 2 is 2.08 bits per heavy atom. The summed E-state index contributed by atoms with van der Waals surface area (Å²) in [6, 6.07) is 11.7. The summed E-state index contributed by atoms with van der Waals surface area (Å²) >= 11 is 0. The van der Waals surface area contributed by atoms with Crippen molar-refractivity contribution in [2.75, 3.05) is 5.32 Å². The van der Waals surface area contributed by atoms with Gasteiger partial charge in [-0.25, -0.2) is 9.18 Å². The van der Waals surface area contributed by atoms with Crippen molar-refractivity contribution in [3.05, 3.63) is 59.4 Å². The van der Waals surface area contributed by atoms with E-state index in [4.69, 9.17) is 4.74 Å². The second kappa shape index (κ2) is 5.16. The van der Waals surface area contributed by atoms with Crippen molar-refractivity contribution in [1.82, 2.24) is 0 Å². The molecule has 0 bridgehead atoms. The maximum atomic E-state index is 14.3. The number of hydrogen-bond acceptors (Lipinski definition) is 4. The number of esters is 1. The largest absolute Gasteiger partial charge is 0.422 e. The van der Waals surface area contributed by atoms with E-state index in [1.54, 1.807) is 13.0 Å². The number of Topliss-reactive ketones (excluding diaryl/α,β-unsaturated/α-hetero) is 1. The van der Waals surface area contributed by atoms with E-state index in [9.17, 15) is 14.0 Å². The van der Waals surface area contributed by atoms with E-state index in [-0.39, 0.29) is 17.2 Å². The summed E-state index contributed by atoms with van der Waals surface area (Å²) in [4.78, 5) is 25.5. The number of nitrogens with one attached hydrogen (secondary N) is 1. The minimum absolute atomic E-state index is 0.0459. The minimum atomic E-state index is -1.36. The number of hydrogen-bond donors (Lipinski definition) is 1. The van der Waals surface area contributed by atoms with Crippen LogP contribution in [0.1, 0.15) is 24.5 Å². The molecule has 1 N–H and O–H groups in total. The van der Waals surface area contributed by atoms with Crippen LogP contribution in [0.5, 0.6) is 5.75 Å². The number of fused-ring (bicyclic) bond motifs is 3. The summed E-state index contributed by atoms with van der Waals surface area (Å²) in [5.41, 5.74) is 0.366. The zero-order valence-electron chi connectivity index (χ0n) is 13.1. The van der Waals surface area contributed by atoms with Crippen molar-refractivity contribution in [2.45, 2.75) is 25.3 Å². The lowest BCUT2D eigenvalue weighted by Gasteiger charge is -2.39. The fourth-order valence-corrected chi connectivity index (χ4v) is 3.79. The molecule has 0 fully saturated rings. The molecule has 0 saturated carbocycles. The lowest BCUT2D eigenvalue weighted by molar-refractivity contribution is -0.145. The molecule has 2 aromatic carbocycles. The average molecular weight is 325 g/mol. The summed E-state index contributed by atoms with van der Waals surface area (Å²) in [5, 5.41) is 3.04. The highest BCUT2D eigenvalue weighted by molar-refractivity contribution is 6.00. The topological polar surface area (TPSA) is 55.4 Å². The van der Waals surface area contributed by atoms with Gasteiger partial charge in [-0.15, -0.1) is 0 Å². The molecular weight excluding hydrogens is 309 g/mol. The Hall–Kier alpha value is -2.69. The van der Waals surface area contributed by atoms with Crippen molar-refractivity contribution >= 4 is 17.4 Å². The molecule has 1 spiro atoms. The first-order chi connectivity index (χ1) is 11.6. The van der Waals surface area contributed by atoms with Gasteiger partial charge in [0.05, 0.1) is 5.92 Å². The fraction of sp³-hybridized carbons (Fsp3) is 0.263. The van der Waals surface area contributed by atoms with E-state index in [0.717, 1.165) is 5.56 Å². The van der Waals surface area contributed by atoms with Crippen LogP contribution in [0.4, 0.5) is 10.1 Å². The van der Waals surface area contributed by atoms with Gasteiger partial charge >= 0.3 is 5.97 Å². The van der Waals surface area contributed by atoms with Gasteiger partial charge in [0.1, 0.15) is 17.3 Å². The predicted molar refractivity (Wildman–Crippen MR) is 86.3 cm³/mol. The second-order valence-corrected chi connectivity index (χ2v) is 6.17. The van der Waals surface area contributed by atoms with Crippen LogP contribution in [-0.2, 0) is 21.5 Å². The maximum Gasteiger partial charge on any atom is 0.342 e. The lowest BCUT2D eigenvalue weighted by Crippen LogP contribution is -2.54. The van der Waals surface area contributed by atoms with E-state index in [2.05, 4.69) is 5.32 Å². The smallest absolute Gasteiger partial charge is 0.342 e. The number of anilines is 1. The zero-order chi connectivity index (χ0) is 16.9. The molecule has 2 aromatic rings. The van der Waals surface area contributed by atoms with Crippen molar-refractivity contribution in [2.24, 2.45) is 5.92 Å². The Morgan fingerprint density at radius 3 is 2.88 bits per heavy atom. The SMILES string of the molecule is CCC(=O)C1Cc2ccccc2C12Nc1c(F)cccc1OC2=O. The quantitative estimate of drug-likeness (QED) is 0.680. The van der Waals surface area contributed by atoms with E-state index in [0.29, 0.717) is 18.4 Å². The van der Waals surface area contributed by atoms with Crippen molar-refractivity contribution < 1.29 is 18.7 Å². The van der Waals surface area contributed by atoms with Gasteiger partial charge in [-0.2, -0.15) is 0 Å². The molecule has 2 aliphatic rings. The maximum absolute atomic E-state index is 14.3. The Kier molecular flexibility index (Phi) is 3.20. The first-order valence-corrected chi connectivity index (χ1v) is 7.98. The molecule has 4 rings (SSSR count). The monoisotopic (exact) mass is 325 g/mol. The molecule has 4 nitrogen and oxygen atoms in total. The normalized spacial score (nSPS) is 24.1. The number of para-hydroxylation sites is 1. The van der Waals surface area contributed by atoms with Crippen LogP contribution in [0.25, 0.3) is 0 Å². The van der Waals surface area contributed by atoms with Crippen LogP contribution in [0.3, 0.4) is 0 Å². The highest BCUT2D eigenvalue weighted by atomic mass is 19.1. The van der Waals surface area contributed by atoms with Crippen LogP contribution in [0.2, 0.25) is 0 Å². The average Bonchev–Trinajstić information content (AvgIpc) is 2.92. The second-order valence-electron chi connectivity index (χ2n) is 6.17. The molecule has 24 heavy (non-hydrogen) atoms. The van der Waals surface area contributed by atoms with Gasteiger partial charge in [-0.1, -0.05) is 37.3 Å². The molecular formula is C19H16FNO3. The number of carbonyl (C=O) groups excluding carboxylic acids is 2. The number of halogens is 1. The molecule has 0 radical (unpaired) electrons. The molecule has 1 heterocycles. The standard InChI is InChI=1S/C19H16FNO3/c1-2-15(22)13-10-11-6-3-4-7-12(11)19(13)18(23)24-16-9-5-8-14(20)17(16)21-19/h3-9,13,21H,2,10H2,1H3. The number of benzene rings is 2. The zero-order valence-corrected chi connectivity index (χ0v) is 13.1. The Labute approximate surface area is 138 Å². The van der Waals surface area contributed by atoms with Gasteiger partial charge in [0.2, 0.25) is 0 Å². The summed E-state index contributed by atoms with van der Waals surface area (Å²) in [5.74, 6) is -1.57. The fourth-order valence-electron chi connectivity index (χ4n) is 3.79. The minimum Gasteiger partial charge on any atom is -0.422 e. The summed E-state index contributed by atoms with van der Waals surface area (Å²) in [7, 11) is 0. The molecule has 1 aliphatic carbocycles. The van der Waals surface area contributed by atoms with Gasteiger partial charge in [-0.3, -0.25) is 4.79 Å². The molecule has 1 aliphatic heterocycles. The highest BCUT2D eigenvalue weighted by Gasteiger charge is 2.58. The van der Waals surface area contributed by atoms with Crippen LogP contribution in [0, 0.1) is 11.7 Å². The molecule has 0 amide bonds. The van der Waals surface area contributed by atoms with Crippen molar-refractivity contribution in [3.63, 3.8) is 0 Å². The number of carbonyl (C=O) groups is 2. The van der Waals surface area contributed by atoms with Gasteiger partial charge in [0.15, 0.2) is 11.3 Å². The van der Waals surface area contributed by atoms with Crippen LogP contribution >= 0.6 is 0 Å². The van der Waals surface area contributed by atoms with Gasteiger partial charge in [-0.05, 0) is 29.7 Å². The third kappa shape index (κ3) is 1.84. The van der Waals surface area contributed by atoms with Gasteiger partial charge in [0, 0.05) is 6.42 Å². The summed E-state index contributed by atoms with van der Waals surface area (Å²) in [6.45, 7) is 1.77. The van der Waals surface area contributed by atoms with Crippen molar-refractivity contribution in [1.29, 1.82) is 0 Å². The molecule has 5 heteroatoms. The highest BCUT2D eigenvalue weighted by Crippen LogP contribution is 2.50. The predicted octanol–water partition coefficient (Wildman–Crippen LogP) is 3.20. The third-order valence-electron chi connectivity index (χ3n) is 4.95. The lowest BCUT2D eigenvalue weighted by atomic mass is 9.79. The molecule has 0 saturated heterocycles. The van der Waals surface area contributed by atoms with Crippen molar-refractivity contribution in [3.8, 4) is 5.75 Å². The Bertz CT molecular complexity index is 863. The summed E-state index contributed by atoms with van der Waals surface area (Å²) < 4.78 is 19.7. The summed E-state index contributed by atoms with van der Waals surface area (Å²) in [6.07, 6.45) is 0.744. The van der Waals surface area contributed by atoms with Crippen LogP contribution in [-0.4, -0.2) is 11.8 Å².